The fourth-order valence-corrected chi connectivity index (χ4v) is 5.08. The van der Waals surface area contributed by atoms with Crippen LogP contribution in [0.5, 0.6) is 0 Å². The van der Waals surface area contributed by atoms with Gasteiger partial charge in [0.25, 0.3) is 0 Å². The van der Waals surface area contributed by atoms with Gasteiger partial charge in [-0.2, -0.15) is 0 Å². The maximum absolute atomic E-state index is 13.0. The average molecular weight is 355 g/mol. The summed E-state index contributed by atoms with van der Waals surface area (Å²) >= 11 is 1.59. The van der Waals surface area contributed by atoms with Crippen molar-refractivity contribution in [2.75, 3.05) is 18.0 Å². The summed E-state index contributed by atoms with van der Waals surface area (Å²) in [6, 6.07) is 0.250. The van der Waals surface area contributed by atoms with E-state index in [0.29, 0.717) is 6.54 Å². The highest BCUT2D eigenvalue weighted by molar-refractivity contribution is 7.07. The first-order valence-corrected chi connectivity index (χ1v) is 9.99. The topological polar surface area (TPSA) is 62.2 Å². The molecule has 2 aromatic rings. The molecule has 0 aromatic carbocycles. The lowest BCUT2D eigenvalue weighted by atomic mass is 9.94. The van der Waals surface area contributed by atoms with Crippen molar-refractivity contribution < 1.29 is 4.79 Å². The first-order valence-electron chi connectivity index (χ1n) is 9.05. The SMILES string of the molecule is O=C1C2CCC(CN(c3ncnc4c3CCC4)C2)N1Cc1cscn1. The molecule has 0 spiro atoms. The lowest BCUT2D eigenvalue weighted by Crippen LogP contribution is -2.47. The molecule has 1 aliphatic carbocycles. The van der Waals surface area contributed by atoms with Gasteiger partial charge in [0.05, 0.1) is 23.7 Å². The highest BCUT2D eigenvalue weighted by Gasteiger charge is 2.41. The van der Waals surface area contributed by atoms with Gasteiger partial charge in [-0.1, -0.05) is 0 Å². The van der Waals surface area contributed by atoms with Gasteiger partial charge >= 0.3 is 0 Å². The van der Waals surface area contributed by atoms with Crippen LogP contribution in [0.1, 0.15) is 36.2 Å². The fourth-order valence-electron chi connectivity index (χ4n) is 4.53. The van der Waals surface area contributed by atoms with Gasteiger partial charge in [-0.25, -0.2) is 15.0 Å². The van der Waals surface area contributed by atoms with Crippen molar-refractivity contribution in [3.8, 4) is 0 Å². The number of anilines is 1. The Labute approximate surface area is 150 Å². The van der Waals surface area contributed by atoms with Crippen molar-refractivity contribution in [1.82, 2.24) is 19.9 Å². The molecule has 2 atom stereocenters. The highest BCUT2D eigenvalue weighted by Crippen LogP contribution is 2.35. The molecule has 6 rings (SSSR count). The van der Waals surface area contributed by atoms with Crippen LogP contribution in [0.25, 0.3) is 0 Å². The van der Waals surface area contributed by atoms with Crippen LogP contribution in [-0.2, 0) is 24.2 Å². The van der Waals surface area contributed by atoms with Gasteiger partial charge in [-0.15, -0.1) is 11.3 Å². The first kappa shape index (κ1) is 15.3. The third-order valence-electron chi connectivity index (χ3n) is 5.76. The van der Waals surface area contributed by atoms with Crippen LogP contribution in [0, 0.1) is 5.92 Å². The number of amides is 1. The molecule has 130 valence electrons. The molecule has 3 aliphatic heterocycles. The Morgan fingerprint density at radius 3 is 3.00 bits per heavy atom. The Hall–Kier alpha value is -2.02. The zero-order chi connectivity index (χ0) is 16.8. The van der Waals surface area contributed by atoms with E-state index in [1.54, 1.807) is 17.7 Å². The second-order valence-corrected chi connectivity index (χ2v) is 7.97. The number of aromatic nitrogens is 3. The molecular weight excluding hydrogens is 334 g/mol. The fraction of sp³-hybridized carbons (Fsp3) is 0.556. The van der Waals surface area contributed by atoms with Gasteiger partial charge in [0.15, 0.2) is 0 Å². The van der Waals surface area contributed by atoms with E-state index in [4.69, 9.17) is 0 Å². The molecule has 3 fully saturated rings. The molecule has 1 amide bonds. The molecule has 0 saturated carbocycles. The van der Waals surface area contributed by atoms with E-state index in [2.05, 4.69) is 24.8 Å². The minimum Gasteiger partial charge on any atom is -0.353 e. The first-order chi connectivity index (χ1) is 12.3. The van der Waals surface area contributed by atoms with E-state index in [9.17, 15) is 4.79 Å². The van der Waals surface area contributed by atoms with Crippen molar-refractivity contribution in [3.63, 3.8) is 0 Å². The van der Waals surface area contributed by atoms with E-state index in [0.717, 1.165) is 56.7 Å². The number of rotatable bonds is 3. The third-order valence-corrected chi connectivity index (χ3v) is 6.40. The van der Waals surface area contributed by atoms with E-state index in [1.807, 2.05) is 10.9 Å². The van der Waals surface area contributed by atoms with Crippen LogP contribution < -0.4 is 4.90 Å². The Balaban J connectivity index is 1.45. The summed E-state index contributed by atoms with van der Waals surface area (Å²) in [6.07, 6.45) is 7.04. The second-order valence-electron chi connectivity index (χ2n) is 7.26. The smallest absolute Gasteiger partial charge is 0.228 e. The zero-order valence-corrected chi connectivity index (χ0v) is 14.9. The largest absolute Gasteiger partial charge is 0.353 e. The van der Waals surface area contributed by atoms with E-state index >= 15 is 0 Å². The number of piperidine rings is 1. The number of thiazole rings is 1. The van der Waals surface area contributed by atoms with E-state index in [-0.39, 0.29) is 17.9 Å². The molecule has 0 radical (unpaired) electrons. The summed E-state index contributed by atoms with van der Waals surface area (Å²) in [7, 11) is 0. The van der Waals surface area contributed by atoms with Crippen molar-refractivity contribution in [2.45, 2.75) is 44.7 Å². The van der Waals surface area contributed by atoms with E-state index in [1.165, 1.54) is 11.3 Å². The molecular formula is C18H21N5OS. The third kappa shape index (κ3) is 2.61. The van der Waals surface area contributed by atoms with Crippen LogP contribution in [0.4, 0.5) is 5.82 Å². The number of hydrogen-bond acceptors (Lipinski definition) is 6. The number of nitrogens with zero attached hydrogens (tertiary/aromatic N) is 5. The van der Waals surface area contributed by atoms with Crippen molar-refractivity contribution in [2.24, 2.45) is 5.92 Å². The molecule has 7 heteroatoms. The number of aryl methyl sites for hydroxylation is 1. The molecule has 2 aromatic heterocycles. The number of hydrogen-bond donors (Lipinski definition) is 0. The summed E-state index contributed by atoms with van der Waals surface area (Å²) in [5.41, 5.74) is 5.35. The lowest BCUT2D eigenvalue weighted by Gasteiger charge is -2.35. The van der Waals surface area contributed by atoms with Gasteiger partial charge in [0, 0.05) is 35.8 Å². The molecule has 0 N–H and O–H groups in total. The highest BCUT2D eigenvalue weighted by atomic mass is 32.1. The van der Waals surface area contributed by atoms with Gasteiger partial charge in [-0.3, -0.25) is 4.79 Å². The quantitative estimate of drug-likeness (QED) is 0.843. The van der Waals surface area contributed by atoms with Crippen LogP contribution in [-0.4, -0.2) is 44.9 Å². The monoisotopic (exact) mass is 355 g/mol. The number of carbonyl (C=O) groups is 1. The van der Waals surface area contributed by atoms with Crippen molar-refractivity contribution in [3.05, 3.63) is 34.2 Å². The van der Waals surface area contributed by atoms with Gasteiger partial charge in [0.2, 0.25) is 5.91 Å². The maximum Gasteiger partial charge on any atom is 0.228 e. The minimum absolute atomic E-state index is 0.0735. The molecule has 6 nitrogen and oxygen atoms in total. The van der Waals surface area contributed by atoms with Gasteiger partial charge in [0.1, 0.15) is 12.1 Å². The summed E-state index contributed by atoms with van der Waals surface area (Å²) < 4.78 is 0. The molecule has 2 bridgehead atoms. The Morgan fingerprint density at radius 2 is 2.12 bits per heavy atom. The van der Waals surface area contributed by atoms with Gasteiger partial charge in [-0.05, 0) is 32.1 Å². The second kappa shape index (κ2) is 6.05. The molecule has 25 heavy (non-hydrogen) atoms. The minimum atomic E-state index is 0.0735. The van der Waals surface area contributed by atoms with Crippen LogP contribution in [0.2, 0.25) is 0 Å². The molecule has 3 saturated heterocycles. The molecule has 4 aliphatic rings. The molecule has 5 heterocycles. The number of carbonyl (C=O) groups excluding carboxylic acids is 1. The number of fused-ring (bicyclic) bond motifs is 5. The standard InChI is InChI=1S/C18H21N5OS/c24-18-12-4-5-14(23(18)7-13-9-25-11-21-13)8-22(6-12)17-15-2-1-3-16(15)19-10-20-17/h9-12,14H,1-8H2. The predicted molar refractivity (Wildman–Crippen MR) is 95.4 cm³/mol. The van der Waals surface area contributed by atoms with Crippen LogP contribution in [0.3, 0.4) is 0 Å². The summed E-state index contributed by atoms with van der Waals surface area (Å²) in [5, 5.41) is 2.04. The van der Waals surface area contributed by atoms with Crippen LogP contribution >= 0.6 is 11.3 Å². The summed E-state index contributed by atoms with van der Waals surface area (Å²) in [4.78, 5) is 30.8. The summed E-state index contributed by atoms with van der Waals surface area (Å²) in [6.45, 7) is 2.29. The van der Waals surface area contributed by atoms with Crippen LogP contribution in [0.15, 0.2) is 17.2 Å². The van der Waals surface area contributed by atoms with Crippen molar-refractivity contribution in [1.29, 1.82) is 0 Å². The lowest BCUT2D eigenvalue weighted by molar-refractivity contribution is -0.140. The molecule has 2 unspecified atom stereocenters. The predicted octanol–water partition coefficient (Wildman–Crippen LogP) is 2.05. The average Bonchev–Trinajstić information content (AvgIpc) is 3.24. The Kier molecular flexibility index (Phi) is 3.69. The Morgan fingerprint density at radius 1 is 1.16 bits per heavy atom. The summed E-state index contributed by atoms with van der Waals surface area (Å²) in [5.74, 6) is 1.43. The van der Waals surface area contributed by atoms with Gasteiger partial charge < -0.3 is 9.80 Å². The normalized spacial score (nSPS) is 25.4. The zero-order valence-electron chi connectivity index (χ0n) is 14.1. The Bertz CT molecular complexity index is 793. The van der Waals surface area contributed by atoms with Crippen molar-refractivity contribution >= 4 is 23.1 Å². The maximum atomic E-state index is 13.0. The van der Waals surface area contributed by atoms with E-state index < -0.39 is 0 Å².